The molecule has 0 amide bonds. The third-order valence-electron chi connectivity index (χ3n) is 2.52. The molecule has 19 heavy (non-hydrogen) atoms. The van der Waals surface area contributed by atoms with E-state index in [4.69, 9.17) is 0 Å². The van der Waals surface area contributed by atoms with Crippen molar-refractivity contribution in [2.24, 2.45) is 0 Å². The van der Waals surface area contributed by atoms with E-state index < -0.39 is 10.0 Å². The molecule has 1 aromatic heterocycles. The van der Waals surface area contributed by atoms with E-state index in [0.29, 0.717) is 16.7 Å². The Morgan fingerprint density at radius 2 is 2.11 bits per heavy atom. The van der Waals surface area contributed by atoms with Gasteiger partial charge >= 0.3 is 0 Å². The lowest BCUT2D eigenvalue weighted by molar-refractivity contribution is 0.521. The summed E-state index contributed by atoms with van der Waals surface area (Å²) in [4.78, 5) is 11.8. The number of nitrogens with one attached hydrogen (secondary N) is 1. The van der Waals surface area contributed by atoms with Gasteiger partial charge in [-0.3, -0.25) is 4.79 Å². The van der Waals surface area contributed by atoms with Crippen LogP contribution in [0.5, 0.6) is 0 Å². The molecule has 0 radical (unpaired) electrons. The van der Waals surface area contributed by atoms with Crippen LogP contribution >= 0.6 is 15.9 Å². The molecule has 108 valence electrons. The van der Waals surface area contributed by atoms with Gasteiger partial charge in [-0.15, -0.1) is 0 Å². The fraction of sp³-hybridized carbons (Fsp3) is 0.600. The molecule has 1 N–H and O–H groups in total. The SMILES string of the molecule is CCn1ncc(NCCS(=O)(=O)N(C)C)c(Br)c1=O. The average molecular weight is 353 g/mol. The molecule has 1 rings (SSSR count). The largest absolute Gasteiger partial charge is 0.382 e. The second kappa shape index (κ2) is 6.49. The number of hydrogen-bond donors (Lipinski definition) is 1. The van der Waals surface area contributed by atoms with Gasteiger partial charge in [0.1, 0.15) is 4.47 Å². The molecule has 1 heterocycles. The summed E-state index contributed by atoms with van der Waals surface area (Å²) in [7, 11) is -0.290. The maximum absolute atomic E-state index is 11.8. The van der Waals surface area contributed by atoms with Crippen molar-refractivity contribution >= 4 is 31.6 Å². The quantitative estimate of drug-likeness (QED) is 0.797. The van der Waals surface area contributed by atoms with E-state index in [1.165, 1.54) is 25.0 Å². The number of rotatable bonds is 6. The van der Waals surface area contributed by atoms with Gasteiger partial charge in [0, 0.05) is 27.2 Å². The predicted molar refractivity (Wildman–Crippen MR) is 77.8 cm³/mol. The highest BCUT2D eigenvalue weighted by Crippen LogP contribution is 2.15. The molecule has 0 fully saturated rings. The minimum absolute atomic E-state index is 0.0523. The maximum Gasteiger partial charge on any atom is 0.283 e. The van der Waals surface area contributed by atoms with Crippen molar-refractivity contribution in [1.82, 2.24) is 14.1 Å². The minimum atomic E-state index is -3.25. The Labute approximate surface area is 120 Å². The molecule has 0 spiro atoms. The van der Waals surface area contributed by atoms with Crippen LogP contribution in [-0.2, 0) is 16.6 Å². The first kappa shape index (κ1) is 16.1. The second-order valence-corrected chi connectivity index (χ2v) is 7.11. The number of nitrogens with zero attached hydrogens (tertiary/aromatic N) is 3. The van der Waals surface area contributed by atoms with Crippen LogP contribution in [-0.4, -0.2) is 48.9 Å². The molecular formula is C10H17BrN4O3S. The molecule has 0 aliphatic carbocycles. The van der Waals surface area contributed by atoms with Gasteiger partial charge in [0.25, 0.3) is 5.56 Å². The van der Waals surface area contributed by atoms with Crippen molar-refractivity contribution in [2.45, 2.75) is 13.5 Å². The Morgan fingerprint density at radius 1 is 1.47 bits per heavy atom. The number of aromatic nitrogens is 2. The predicted octanol–water partition coefficient (Wildman–Crippen LogP) is 0.329. The second-order valence-electron chi connectivity index (χ2n) is 4.02. The van der Waals surface area contributed by atoms with Crippen LogP contribution in [0.4, 0.5) is 5.69 Å². The van der Waals surface area contributed by atoms with Gasteiger partial charge in [-0.05, 0) is 22.9 Å². The van der Waals surface area contributed by atoms with E-state index in [2.05, 4.69) is 26.3 Å². The molecule has 0 aromatic carbocycles. The number of halogens is 1. The third-order valence-corrected chi connectivity index (χ3v) is 5.12. The molecule has 0 aliphatic rings. The van der Waals surface area contributed by atoms with Crippen LogP contribution in [0.1, 0.15) is 6.92 Å². The summed E-state index contributed by atoms with van der Waals surface area (Å²) < 4.78 is 26.0. The molecule has 7 nitrogen and oxygen atoms in total. The standard InChI is InChI=1S/C10H17BrN4O3S/c1-4-15-10(16)9(11)8(7-13-15)12-5-6-19(17,18)14(2)3/h7,12H,4-6H2,1-3H3. The van der Waals surface area contributed by atoms with E-state index in [9.17, 15) is 13.2 Å². The first-order valence-electron chi connectivity index (χ1n) is 5.69. The monoisotopic (exact) mass is 352 g/mol. The van der Waals surface area contributed by atoms with Gasteiger partial charge in [0.2, 0.25) is 10.0 Å². The number of aryl methyl sites for hydroxylation is 1. The van der Waals surface area contributed by atoms with Crippen molar-refractivity contribution < 1.29 is 8.42 Å². The normalized spacial score (nSPS) is 11.8. The summed E-state index contributed by atoms with van der Waals surface area (Å²) in [5.74, 6) is -0.0523. The Kier molecular flexibility index (Phi) is 5.50. The smallest absolute Gasteiger partial charge is 0.283 e. The van der Waals surface area contributed by atoms with Crippen LogP contribution < -0.4 is 10.9 Å². The van der Waals surface area contributed by atoms with Crippen molar-refractivity contribution in [3.8, 4) is 0 Å². The molecule has 0 unspecified atom stereocenters. The Bertz CT molecular complexity index is 597. The van der Waals surface area contributed by atoms with E-state index in [1.54, 1.807) is 0 Å². The highest BCUT2D eigenvalue weighted by Gasteiger charge is 2.14. The lowest BCUT2D eigenvalue weighted by atomic mass is 10.4. The highest BCUT2D eigenvalue weighted by atomic mass is 79.9. The summed E-state index contributed by atoms with van der Waals surface area (Å²) in [6.45, 7) is 2.50. The number of hydrogen-bond acceptors (Lipinski definition) is 5. The summed E-state index contributed by atoms with van der Waals surface area (Å²) in [6.07, 6.45) is 1.50. The van der Waals surface area contributed by atoms with Crippen LogP contribution in [0.3, 0.4) is 0 Å². The highest BCUT2D eigenvalue weighted by molar-refractivity contribution is 9.10. The van der Waals surface area contributed by atoms with Crippen LogP contribution in [0.25, 0.3) is 0 Å². The molecule has 1 aromatic rings. The summed E-state index contributed by atoms with van der Waals surface area (Å²) in [6, 6.07) is 0. The Hall–Kier alpha value is -0.930. The van der Waals surface area contributed by atoms with Gasteiger partial charge in [-0.1, -0.05) is 0 Å². The van der Waals surface area contributed by atoms with Gasteiger partial charge in [0.15, 0.2) is 0 Å². The molecule has 0 aliphatic heterocycles. The van der Waals surface area contributed by atoms with Gasteiger partial charge in [-0.25, -0.2) is 17.4 Å². The van der Waals surface area contributed by atoms with Crippen LogP contribution in [0, 0.1) is 0 Å². The molecule has 0 atom stereocenters. The van der Waals surface area contributed by atoms with E-state index in [0.717, 1.165) is 4.31 Å². The Morgan fingerprint density at radius 3 is 2.63 bits per heavy atom. The minimum Gasteiger partial charge on any atom is -0.382 e. The number of sulfonamides is 1. The lowest BCUT2D eigenvalue weighted by Crippen LogP contribution is -2.29. The molecule has 0 saturated carbocycles. The summed E-state index contributed by atoms with van der Waals surface area (Å²) in [5, 5.41) is 6.85. The topological polar surface area (TPSA) is 84.3 Å². The van der Waals surface area contributed by atoms with Gasteiger partial charge in [0.05, 0.1) is 17.6 Å². The molecular weight excluding hydrogens is 336 g/mol. The maximum atomic E-state index is 11.8. The van der Waals surface area contributed by atoms with Crippen LogP contribution in [0.2, 0.25) is 0 Å². The molecule has 0 bridgehead atoms. The van der Waals surface area contributed by atoms with Crippen LogP contribution in [0.15, 0.2) is 15.5 Å². The summed E-state index contributed by atoms with van der Waals surface area (Å²) >= 11 is 3.19. The van der Waals surface area contributed by atoms with E-state index in [1.807, 2.05) is 6.92 Å². The van der Waals surface area contributed by atoms with E-state index >= 15 is 0 Å². The zero-order valence-corrected chi connectivity index (χ0v) is 13.5. The van der Waals surface area contributed by atoms with Gasteiger partial charge < -0.3 is 5.32 Å². The van der Waals surface area contributed by atoms with Crippen molar-refractivity contribution in [3.05, 3.63) is 21.0 Å². The van der Waals surface area contributed by atoms with Crippen molar-refractivity contribution in [2.75, 3.05) is 31.7 Å². The first-order valence-corrected chi connectivity index (χ1v) is 8.09. The fourth-order valence-electron chi connectivity index (χ4n) is 1.31. The molecule has 9 heteroatoms. The van der Waals surface area contributed by atoms with E-state index in [-0.39, 0.29) is 17.9 Å². The van der Waals surface area contributed by atoms with Gasteiger partial charge in [-0.2, -0.15) is 5.10 Å². The zero-order chi connectivity index (χ0) is 14.6. The average Bonchev–Trinajstić information content (AvgIpc) is 2.34. The number of anilines is 1. The Balaban J connectivity index is 2.75. The zero-order valence-electron chi connectivity index (χ0n) is 11.1. The summed E-state index contributed by atoms with van der Waals surface area (Å²) in [5.41, 5.74) is 0.242. The first-order chi connectivity index (χ1) is 8.79. The molecule has 0 saturated heterocycles. The fourth-order valence-corrected chi connectivity index (χ4v) is 2.48. The third kappa shape index (κ3) is 4.02. The van der Waals surface area contributed by atoms with Crippen molar-refractivity contribution in [3.63, 3.8) is 0 Å². The van der Waals surface area contributed by atoms with Crippen molar-refractivity contribution in [1.29, 1.82) is 0 Å². The lowest BCUT2D eigenvalue weighted by Gasteiger charge is -2.13.